The fourth-order valence-electron chi connectivity index (χ4n) is 1.79. The lowest BCUT2D eigenvalue weighted by molar-refractivity contribution is -0.0989. The summed E-state index contributed by atoms with van der Waals surface area (Å²) in [4.78, 5) is 2.28. The summed E-state index contributed by atoms with van der Waals surface area (Å²) < 4.78 is 26.6. The van der Waals surface area contributed by atoms with Gasteiger partial charge in [0, 0.05) is 20.2 Å². The maximum atomic E-state index is 5.71. The lowest BCUT2D eigenvalue weighted by atomic mass is 10.4. The molecule has 1 aliphatic heterocycles. The van der Waals surface area contributed by atoms with Gasteiger partial charge in [-0.2, -0.15) is 0 Å². The van der Waals surface area contributed by atoms with Crippen molar-refractivity contribution < 1.29 is 23.7 Å². The van der Waals surface area contributed by atoms with E-state index in [9.17, 15) is 0 Å². The van der Waals surface area contributed by atoms with Crippen LogP contribution in [0.4, 0.5) is 0 Å². The molecule has 19 heavy (non-hydrogen) atoms. The topological polar surface area (TPSA) is 49.4 Å². The molecule has 0 radical (unpaired) electrons. The van der Waals surface area contributed by atoms with Gasteiger partial charge in [0.25, 0.3) is 0 Å². The molecule has 0 aromatic rings. The van der Waals surface area contributed by atoms with E-state index in [1.165, 1.54) is 0 Å². The van der Waals surface area contributed by atoms with Crippen LogP contribution in [0.25, 0.3) is 0 Å². The summed E-state index contributed by atoms with van der Waals surface area (Å²) >= 11 is 0. The van der Waals surface area contributed by atoms with Gasteiger partial charge in [0.1, 0.15) is 6.23 Å². The van der Waals surface area contributed by atoms with Crippen molar-refractivity contribution in [2.24, 2.45) is 0 Å². The van der Waals surface area contributed by atoms with Gasteiger partial charge in [-0.3, -0.25) is 4.90 Å². The van der Waals surface area contributed by atoms with Crippen LogP contribution < -0.4 is 0 Å². The normalized spacial score (nSPS) is 18.6. The van der Waals surface area contributed by atoms with E-state index < -0.39 is 0 Å². The molecule has 0 bridgehead atoms. The van der Waals surface area contributed by atoms with E-state index in [0.717, 1.165) is 26.3 Å². The van der Waals surface area contributed by atoms with Gasteiger partial charge in [0.2, 0.25) is 0 Å². The lowest BCUT2D eigenvalue weighted by Crippen LogP contribution is -2.43. The van der Waals surface area contributed by atoms with Crippen LogP contribution in [-0.4, -0.2) is 84.2 Å². The average molecular weight is 277 g/mol. The van der Waals surface area contributed by atoms with Crippen molar-refractivity contribution >= 4 is 0 Å². The molecule has 0 saturated carbocycles. The van der Waals surface area contributed by atoms with Gasteiger partial charge < -0.3 is 23.7 Å². The van der Waals surface area contributed by atoms with Gasteiger partial charge in [-0.15, -0.1) is 0 Å². The molecule has 1 saturated heterocycles. The minimum absolute atomic E-state index is 0.130. The highest BCUT2D eigenvalue weighted by Gasteiger charge is 2.16. The monoisotopic (exact) mass is 277 g/mol. The van der Waals surface area contributed by atoms with E-state index in [0.29, 0.717) is 39.6 Å². The average Bonchev–Trinajstić information content (AvgIpc) is 2.46. The predicted molar refractivity (Wildman–Crippen MR) is 71.3 cm³/mol. The fraction of sp³-hybridized carbons (Fsp3) is 1.00. The van der Waals surface area contributed by atoms with Crippen molar-refractivity contribution in [2.45, 2.75) is 13.2 Å². The molecular weight excluding hydrogens is 250 g/mol. The van der Waals surface area contributed by atoms with E-state index in [-0.39, 0.29) is 6.23 Å². The van der Waals surface area contributed by atoms with E-state index in [1.54, 1.807) is 7.11 Å². The molecule has 0 aromatic heterocycles. The van der Waals surface area contributed by atoms with Gasteiger partial charge in [-0.25, -0.2) is 0 Å². The molecule has 0 spiro atoms. The van der Waals surface area contributed by atoms with Crippen molar-refractivity contribution in [3.05, 3.63) is 0 Å². The van der Waals surface area contributed by atoms with Crippen LogP contribution in [0.3, 0.4) is 0 Å². The molecule has 6 heteroatoms. The minimum Gasteiger partial charge on any atom is -0.382 e. The Kier molecular flexibility index (Phi) is 10.2. The van der Waals surface area contributed by atoms with Crippen molar-refractivity contribution in [3.8, 4) is 0 Å². The van der Waals surface area contributed by atoms with Gasteiger partial charge in [0.15, 0.2) is 0 Å². The molecule has 1 rings (SSSR count). The summed E-state index contributed by atoms with van der Waals surface area (Å²) in [6, 6.07) is 0. The van der Waals surface area contributed by atoms with Gasteiger partial charge in [-0.05, 0) is 6.92 Å². The lowest BCUT2D eigenvalue weighted by Gasteiger charge is -2.31. The molecule has 114 valence electrons. The van der Waals surface area contributed by atoms with Gasteiger partial charge in [-0.1, -0.05) is 0 Å². The second-order valence-corrected chi connectivity index (χ2v) is 4.34. The Hall–Kier alpha value is -0.240. The molecule has 0 amide bonds. The molecule has 1 heterocycles. The van der Waals surface area contributed by atoms with E-state index in [2.05, 4.69) is 11.8 Å². The van der Waals surface area contributed by atoms with Crippen LogP contribution in [0.1, 0.15) is 6.92 Å². The van der Waals surface area contributed by atoms with Crippen molar-refractivity contribution in [2.75, 3.05) is 73.1 Å². The molecule has 0 N–H and O–H groups in total. The first kappa shape index (κ1) is 16.8. The molecule has 1 unspecified atom stereocenters. The molecule has 6 nitrogen and oxygen atoms in total. The third-order valence-corrected chi connectivity index (χ3v) is 2.95. The number of nitrogens with zero attached hydrogens (tertiary/aromatic N) is 1. The van der Waals surface area contributed by atoms with Crippen LogP contribution in [0.5, 0.6) is 0 Å². The smallest absolute Gasteiger partial charge is 0.108 e. The van der Waals surface area contributed by atoms with E-state index in [1.807, 2.05) is 0 Å². The summed E-state index contributed by atoms with van der Waals surface area (Å²) in [5.74, 6) is 0. The predicted octanol–water partition coefficient (Wildman–Crippen LogP) is 0.361. The zero-order valence-corrected chi connectivity index (χ0v) is 12.1. The van der Waals surface area contributed by atoms with Crippen molar-refractivity contribution in [3.63, 3.8) is 0 Å². The van der Waals surface area contributed by atoms with E-state index >= 15 is 0 Å². The third kappa shape index (κ3) is 8.52. The number of methoxy groups -OCH3 is 1. The highest BCUT2D eigenvalue weighted by Crippen LogP contribution is 2.04. The number of rotatable bonds is 11. The number of hydrogen-bond acceptors (Lipinski definition) is 6. The molecule has 1 fully saturated rings. The summed E-state index contributed by atoms with van der Waals surface area (Å²) in [5.41, 5.74) is 0. The first-order valence-electron chi connectivity index (χ1n) is 6.92. The zero-order chi connectivity index (χ0) is 13.8. The fourth-order valence-corrected chi connectivity index (χ4v) is 1.79. The second-order valence-electron chi connectivity index (χ2n) is 4.34. The van der Waals surface area contributed by atoms with Gasteiger partial charge >= 0.3 is 0 Å². The van der Waals surface area contributed by atoms with Gasteiger partial charge in [0.05, 0.1) is 52.9 Å². The first-order valence-corrected chi connectivity index (χ1v) is 6.92. The number of hydrogen-bond donors (Lipinski definition) is 0. The van der Waals surface area contributed by atoms with Crippen molar-refractivity contribution in [1.29, 1.82) is 0 Å². The molecular formula is C13H27NO5. The Bertz CT molecular complexity index is 199. The molecule has 0 aliphatic carbocycles. The number of ether oxygens (including phenoxy) is 5. The van der Waals surface area contributed by atoms with Crippen LogP contribution in [0.2, 0.25) is 0 Å². The van der Waals surface area contributed by atoms with Crippen LogP contribution >= 0.6 is 0 Å². The highest BCUT2D eigenvalue weighted by atomic mass is 16.6. The van der Waals surface area contributed by atoms with Crippen LogP contribution in [0.15, 0.2) is 0 Å². The Morgan fingerprint density at radius 2 is 1.53 bits per heavy atom. The SMILES string of the molecule is COCCOCCOCCOC(C)N1CCOCC1. The Balaban J connectivity index is 1.84. The Labute approximate surface area is 115 Å². The summed E-state index contributed by atoms with van der Waals surface area (Å²) in [6.07, 6.45) is 0.130. The summed E-state index contributed by atoms with van der Waals surface area (Å²) in [7, 11) is 1.66. The Morgan fingerprint density at radius 3 is 2.16 bits per heavy atom. The van der Waals surface area contributed by atoms with E-state index in [4.69, 9.17) is 23.7 Å². The zero-order valence-electron chi connectivity index (χ0n) is 12.1. The number of morpholine rings is 1. The van der Waals surface area contributed by atoms with Crippen LogP contribution in [-0.2, 0) is 23.7 Å². The quantitative estimate of drug-likeness (QED) is 0.508. The molecule has 1 aliphatic rings. The summed E-state index contributed by atoms with van der Waals surface area (Å²) in [6.45, 7) is 9.18. The first-order chi connectivity index (χ1) is 9.34. The molecule has 1 atom stereocenters. The second kappa shape index (κ2) is 11.6. The maximum absolute atomic E-state index is 5.71. The third-order valence-electron chi connectivity index (χ3n) is 2.95. The molecule has 0 aromatic carbocycles. The highest BCUT2D eigenvalue weighted by molar-refractivity contribution is 4.63. The summed E-state index contributed by atoms with van der Waals surface area (Å²) in [5, 5.41) is 0. The maximum Gasteiger partial charge on any atom is 0.108 e. The van der Waals surface area contributed by atoms with Crippen LogP contribution in [0, 0.1) is 0 Å². The Morgan fingerprint density at radius 1 is 0.947 bits per heavy atom. The standard InChI is InChI=1S/C13H27NO5/c1-13(14-3-5-16-6-4-14)19-12-11-18-10-9-17-8-7-15-2/h13H,3-12H2,1-2H3. The largest absolute Gasteiger partial charge is 0.382 e. The minimum atomic E-state index is 0.130. The van der Waals surface area contributed by atoms with Crippen molar-refractivity contribution in [1.82, 2.24) is 4.90 Å².